The Bertz CT molecular complexity index is 449. The lowest BCUT2D eigenvalue weighted by Gasteiger charge is -2.21. The molecule has 0 radical (unpaired) electrons. The Hall–Kier alpha value is -0.870. The van der Waals surface area contributed by atoms with Gasteiger partial charge in [0, 0.05) is 31.4 Å². The molecule has 0 spiro atoms. The van der Waals surface area contributed by atoms with Crippen molar-refractivity contribution in [3.8, 4) is 0 Å². The van der Waals surface area contributed by atoms with Gasteiger partial charge in [0.2, 0.25) is 0 Å². The maximum absolute atomic E-state index is 5.74. The van der Waals surface area contributed by atoms with Crippen LogP contribution in [0.5, 0.6) is 0 Å². The molecule has 112 valence electrons. The molecule has 3 rings (SSSR count). The van der Waals surface area contributed by atoms with Gasteiger partial charge in [0.05, 0.1) is 11.8 Å². The zero-order valence-electron chi connectivity index (χ0n) is 12.8. The van der Waals surface area contributed by atoms with Crippen LogP contribution in [0.2, 0.25) is 0 Å². The van der Waals surface area contributed by atoms with Crippen molar-refractivity contribution in [2.24, 2.45) is 0 Å². The molecule has 20 heavy (non-hydrogen) atoms. The summed E-state index contributed by atoms with van der Waals surface area (Å²) in [7, 11) is 0. The van der Waals surface area contributed by atoms with Gasteiger partial charge >= 0.3 is 0 Å². The maximum Gasteiger partial charge on any atom is 0.106 e. The molecule has 0 saturated carbocycles. The second-order valence-electron chi connectivity index (χ2n) is 6.21. The number of nitrogens with one attached hydrogen (secondary N) is 1. The van der Waals surface area contributed by atoms with E-state index in [2.05, 4.69) is 23.7 Å². The fourth-order valence-corrected chi connectivity index (χ4v) is 3.56. The molecule has 1 aliphatic heterocycles. The van der Waals surface area contributed by atoms with E-state index in [1.165, 1.54) is 55.7 Å². The van der Waals surface area contributed by atoms with Crippen molar-refractivity contribution in [3.63, 3.8) is 0 Å². The Labute approximate surface area is 121 Å². The van der Waals surface area contributed by atoms with Crippen LogP contribution in [0.1, 0.15) is 49.8 Å². The molecule has 2 unspecified atom stereocenters. The van der Waals surface area contributed by atoms with E-state index in [1.807, 2.05) is 0 Å². The van der Waals surface area contributed by atoms with Crippen molar-refractivity contribution in [1.82, 2.24) is 14.9 Å². The highest BCUT2D eigenvalue weighted by Gasteiger charge is 2.22. The average Bonchev–Trinajstić information content (AvgIpc) is 3.07. The van der Waals surface area contributed by atoms with Gasteiger partial charge in [-0.2, -0.15) is 0 Å². The summed E-state index contributed by atoms with van der Waals surface area (Å²) < 4.78 is 8.16. The Morgan fingerprint density at radius 2 is 2.20 bits per heavy atom. The first-order valence-corrected chi connectivity index (χ1v) is 8.15. The highest BCUT2D eigenvalue weighted by Crippen LogP contribution is 2.22. The van der Waals surface area contributed by atoms with Crippen LogP contribution in [0.3, 0.4) is 0 Å². The van der Waals surface area contributed by atoms with Crippen LogP contribution in [0, 0.1) is 6.92 Å². The second kappa shape index (κ2) is 6.27. The lowest BCUT2D eigenvalue weighted by molar-refractivity contribution is 0.0835. The van der Waals surface area contributed by atoms with E-state index in [9.17, 15) is 0 Å². The van der Waals surface area contributed by atoms with Crippen LogP contribution in [0.25, 0.3) is 0 Å². The van der Waals surface area contributed by atoms with Crippen molar-refractivity contribution in [3.05, 3.63) is 17.2 Å². The largest absolute Gasteiger partial charge is 0.377 e. The van der Waals surface area contributed by atoms with Gasteiger partial charge in [-0.15, -0.1) is 0 Å². The van der Waals surface area contributed by atoms with Gasteiger partial charge in [-0.05, 0) is 52.4 Å². The highest BCUT2D eigenvalue weighted by atomic mass is 16.5. The molecular formula is C16H27N3O. The van der Waals surface area contributed by atoms with Crippen molar-refractivity contribution in [2.75, 3.05) is 13.2 Å². The van der Waals surface area contributed by atoms with Gasteiger partial charge < -0.3 is 14.6 Å². The number of rotatable bonds is 5. The third kappa shape index (κ3) is 2.91. The van der Waals surface area contributed by atoms with Crippen LogP contribution < -0.4 is 5.32 Å². The summed E-state index contributed by atoms with van der Waals surface area (Å²) in [5.41, 5.74) is 2.83. The minimum absolute atomic E-state index is 0.410. The standard InChI is InChI=1S/C16H27N3O/c1-12(16-8-5-11-20-16)17-9-10-19-13(2)18-14-6-3-4-7-15(14)19/h12,16-17H,3-11H2,1-2H3. The molecule has 1 aromatic rings. The predicted octanol–water partition coefficient (Wildman–Crippen LogP) is 2.23. The van der Waals surface area contributed by atoms with Crippen molar-refractivity contribution in [1.29, 1.82) is 0 Å². The number of fused-ring (bicyclic) bond motifs is 1. The Kier molecular flexibility index (Phi) is 4.41. The van der Waals surface area contributed by atoms with Crippen LogP contribution in [-0.2, 0) is 24.1 Å². The van der Waals surface area contributed by atoms with Gasteiger partial charge in [-0.1, -0.05) is 0 Å². The summed E-state index contributed by atoms with van der Waals surface area (Å²) in [6.45, 7) is 7.36. The molecule has 1 aromatic heterocycles. The van der Waals surface area contributed by atoms with Crippen LogP contribution in [0.15, 0.2) is 0 Å². The number of imidazole rings is 1. The molecule has 2 heterocycles. The van der Waals surface area contributed by atoms with E-state index in [0.717, 1.165) is 19.7 Å². The summed E-state index contributed by atoms with van der Waals surface area (Å²) >= 11 is 0. The van der Waals surface area contributed by atoms with Gasteiger partial charge in [0.15, 0.2) is 0 Å². The minimum atomic E-state index is 0.410. The van der Waals surface area contributed by atoms with E-state index in [0.29, 0.717) is 12.1 Å². The summed E-state index contributed by atoms with van der Waals surface area (Å²) in [5, 5.41) is 3.62. The van der Waals surface area contributed by atoms with Gasteiger partial charge in [-0.25, -0.2) is 4.98 Å². The van der Waals surface area contributed by atoms with Gasteiger partial charge in [0.1, 0.15) is 5.82 Å². The molecule has 1 fully saturated rings. The first kappa shape index (κ1) is 14.1. The number of hydrogen-bond acceptors (Lipinski definition) is 3. The highest BCUT2D eigenvalue weighted by molar-refractivity contribution is 5.19. The lowest BCUT2D eigenvalue weighted by atomic mass is 10.0. The molecule has 4 nitrogen and oxygen atoms in total. The number of nitrogens with zero attached hydrogens (tertiary/aromatic N) is 2. The fraction of sp³-hybridized carbons (Fsp3) is 0.812. The summed E-state index contributed by atoms with van der Waals surface area (Å²) in [6.07, 6.45) is 7.82. The predicted molar refractivity (Wildman–Crippen MR) is 80.0 cm³/mol. The zero-order chi connectivity index (χ0) is 13.9. The Morgan fingerprint density at radius 1 is 1.35 bits per heavy atom. The van der Waals surface area contributed by atoms with Crippen LogP contribution >= 0.6 is 0 Å². The molecule has 1 aliphatic carbocycles. The quantitative estimate of drug-likeness (QED) is 0.897. The lowest BCUT2D eigenvalue weighted by Crippen LogP contribution is -2.38. The third-order valence-electron chi connectivity index (χ3n) is 4.75. The smallest absolute Gasteiger partial charge is 0.106 e. The number of ether oxygens (including phenoxy) is 1. The molecule has 0 amide bonds. The molecule has 1 saturated heterocycles. The topological polar surface area (TPSA) is 39.1 Å². The molecular weight excluding hydrogens is 250 g/mol. The SMILES string of the molecule is Cc1nc2c(n1CCNC(C)C1CCCO1)CCCC2. The number of aryl methyl sites for hydroxylation is 2. The van der Waals surface area contributed by atoms with E-state index in [4.69, 9.17) is 9.72 Å². The van der Waals surface area contributed by atoms with E-state index in [-0.39, 0.29) is 0 Å². The second-order valence-corrected chi connectivity index (χ2v) is 6.21. The third-order valence-corrected chi connectivity index (χ3v) is 4.75. The zero-order valence-corrected chi connectivity index (χ0v) is 12.8. The van der Waals surface area contributed by atoms with E-state index >= 15 is 0 Å². The monoisotopic (exact) mass is 277 g/mol. The fourth-order valence-electron chi connectivity index (χ4n) is 3.56. The van der Waals surface area contributed by atoms with Crippen LogP contribution in [0.4, 0.5) is 0 Å². The van der Waals surface area contributed by atoms with Crippen LogP contribution in [-0.4, -0.2) is 34.8 Å². The molecule has 2 atom stereocenters. The van der Waals surface area contributed by atoms with Crippen molar-refractivity contribution >= 4 is 0 Å². The average molecular weight is 277 g/mol. The van der Waals surface area contributed by atoms with Crippen molar-refractivity contribution < 1.29 is 4.74 Å². The Balaban J connectivity index is 1.54. The van der Waals surface area contributed by atoms with E-state index < -0.39 is 0 Å². The van der Waals surface area contributed by atoms with E-state index in [1.54, 1.807) is 0 Å². The van der Waals surface area contributed by atoms with Gasteiger partial charge in [0.25, 0.3) is 0 Å². The molecule has 4 heteroatoms. The van der Waals surface area contributed by atoms with Gasteiger partial charge in [-0.3, -0.25) is 0 Å². The Morgan fingerprint density at radius 3 is 3.00 bits per heavy atom. The number of hydrogen-bond donors (Lipinski definition) is 1. The maximum atomic E-state index is 5.74. The first-order chi connectivity index (χ1) is 9.75. The molecule has 0 bridgehead atoms. The number of aromatic nitrogens is 2. The summed E-state index contributed by atoms with van der Waals surface area (Å²) in [5.74, 6) is 1.18. The minimum Gasteiger partial charge on any atom is -0.377 e. The normalized spacial score (nSPS) is 23.8. The van der Waals surface area contributed by atoms with Crippen molar-refractivity contribution in [2.45, 2.75) is 71.1 Å². The molecule has 2 aliphatic rings. The first-order valence-electron chi connectivity index (χ1n) is 8.15. The summed E-state index contributed by atoms with van der Waals surface area (Å²) in [6, 6.07) is 0.456. The summed E-state index contributed by atoms with van der Waals surface area (Å²) in [4.78, 5) is 4.74. The molecule has 0 aromatic carbocycles. The molecule has 1 N–H and O–H groups in total.